The molecule has 5 heteroatoms. The Kier molecular flexibility index (Phi) is 5.28. The van der Waals surface area contributed by atoms with Crippen molar-refractivity contribution >= 4 is 11.6 Å². The van der Waals surface area contributed by atoms with Crippen molar-refractivity contribution in [2.24, 2.45) is 0 Å². The zero-order chi connectivity index (χ0) is 15.4. The van der Waals surface area contributed by atoms with Gasteiger partial charge < -0.3 is 10.4 Å². The number of nitrogens with one attached hydrogen (secondary N) is 1. The molecule has 0 bridgehead atoms. The summed E-state index contributed by atoms with van der Waals surface area (Å²) in [6, 6.07) is 8.18. The Bertz CT molecular complexity index is 591. The van der Waals surface area contributed by atoms with E-state index in [2.05, 4.69) is 10.3 Å². The molecule has 0 saturated heterocycles. The number of hydrogen-bond donors (Lipinski definition) is 2. The Balaban J connectivity index is 2.03. The lowest BCUT2D eigenvalue weighted by Gasteiger charge is -2.25. The minimum absolute atomic E-state index is 0.120. The fourth-order valence-electron chi connectivity index (χ4n) is 2.20. The minimum Gasteiger partial charge on any atom is -0.387 e. The van der Waals surface area contributed by atoms with E-state index in [1.165, 1.54) is 12.3 Å². The van der Waals surface area contributed by atoms with Gasteiger partial charge in [-0.15, -0.1) is 0 Å². The van der Waals surface area contributed by atoms with Gasteiger partial charge in [-0.1, -0.05) is 23.7 Å². The van der Waals surface area contributed by atoms with Crippen LogP contribution in [-0.2, 0) is 0 Å². The molecule has 1 aromatic carbocycles. The monoisotopic (exact) mass is 308 g/mol. The normalized spacial score (nSPS) is 15.5. The van der Waals surface area contributed by atoms with Crippen LogP contribution in [0.1, 0.15) is 37.1 Å². The number of nitrogens with zero attached hydrogens (tertiary/aromatic N) is 1. The number of rotatable bonds is 5. The smallest absolute Gasteiger partial charge is 0.141 e. The third-order valence-electron chi connectivity index (χ3n) is 3.42. The van der Waals surface area contributed by atoms with E-state index in [1.54, 1.807) is 30.5 Å². The summed E-state index contributed by atoms with van der Waals surface area (Å²) < 4.78 is 13.2. The fraction of sp³-hybridized carbons (Fsp3) is 0.312. The van der Waals surface area contributed by atoms with E-state index >= 15 is 0 Å². The van der Waals surface area contributed by atoms with Crippen LogP contribution >= 0.6 is 11.6 Å². The van der Waals surface area contributed by atoms with Crippen LogP contribution < -0.4 is 5.32 Å². The number of halogens is 2. The second kappa shape index (κ2) is 6.98. The van der Waals surface area contributed by atoms with Gasteiger partial charge in [0.15, 0.2) is 0 Å². The van der Waals surface area contributed by atoms with E-state index in [0.717, 1.165) is 11.1 Å². The highest BCUT2D eigenvalue weighted by Crippen LogP contribution is 2.21. The van der Waals surface area contributed by atoms with Crippen LogP contribution in [0.4, 0.5) is 4.39 Å². The lowest BCUT2D eigenvalue weighted by molar-refractivity contribution is 0.130. The molecule has 0 aliphatic rings. The highest BCUT2D eigenvalue weighted by atomic mass is 35.5. The Morgan fingerprint density at radius 1 is 1.14 bits per heavy atom. The van der Waals surface area contributed by atoms with Gasteiger partial charge in [0.2, 0.25) is 0 Å². The van der Waals surface area contributed by atoms with Crippen molar-refractivity contribution in [1.29, 1.82) is 0 Å². The summed E-state index contributed by atoms with van der Waals surface area (Å²) in [5, 5.41) is 14.2. The van der Waals surface area contributed by atoms with Crippen LogP contribution in [0.5, 0.6) is 0 Å². The van der Waals surface area contributed by atoms with Crippen molar-refractivity contribution < 1.29 is 9.50 Å². The fourth-order valence-corrected chi connectivity index (χ4v) is 2.32. The largest absolute Gasteiger partial charge is 0.387 e. The molecule has 2 rings (SSSR count). The third kappa shape index (κ3) is 4.24. The third-order valence-corrected chi connectivity index (χ3v) is 3.68. The Morgan fingerprint density at radius 2 is 1.81 bits per heavy atom. The molecule has 3 atom stereocenters. The predicted octanol–water partition coefficient (Wildman–Crippen LogP) is 3.65. The number of benzene rings is 1. The molecule has 0 spiro atoms. The molecule has 0 aliphatic carbocycles. The Morgan fingerprint density at radius 3 is 2.43 bits per heavy atom. The molecular formula is C16H18ClFN2O. The summed E-state index contributed by atoms with van der Waals surface area (Å²) in [5.74, 6) is -0.368. The molecule has 0 fully saturated rings. The summed E-state index contributed by atoms with van der Waals surface area (Å²) in [5.41, 5.74) is 1.52. The van der Waals surface area contributed by atoms with Crippen molar-refractivity contribution in [2.75, 3.05) is 0 Å². The first-order valence-corrected chi connectivity index (χ1v) is 7.15. The van der Waals surface area contributed by atoms with Crippen LogP contribution in [0.15, 0.2) is 42.7 Å². The maximum atomic E-state index is 13.2. The number of hydrogen-bond acceptors (Lipinski definition) is 3. The zero-order valence-corrected chi connectivity index (χ0v) is 12.7. The van der Waals surface area contributed by atoms with Crippen LogP contribution in [0.25, 0.3) is 0 Å². The van der Waals surface area contributed by atoms with Gasteiger partial charge in [-0.25, -0.2) is 4.39 Å². The summed E-state index contributed by atoms with van der Waals surface area (Å²) >= 11 is 5.84. The number of aliphatic hydroxyl groups excluding tert-OH is 1. The molecule has 1 heterocycles. The lowest BCUT2D eigenvalue weighted by atomic mass is 10.0. The lowest BCUT2D eigenvalue weighted by Crippen LogP contribution is -2.34. The van der Waals surface area contributed by atoms with Gasteiger partial charge in [-0.05, 0) is 43.2 Å². The van der Waals surface area contributed by atoms with Gasteiger partial charge >= 0.3 is 0 Å². The van der Waals surface area contributed by atoms with Crippen LogP contribution in [0.3, 0.4) is 0 Å². The van der Waals surface area contributed by atoms with E-state index in [9.17, 15) is 9.50 Å². The molecule has 21 heavy (non-hydrogen) atoms. The van der Waals surface area contributed by atoms with Crippen molar-refractivity contribution in [2.45, 2.75) is 32.0 Å². The van der Waals surface area contributed by atoms with Gasteiger partial charge in [-0.2, -0.15) is 0 Å². The summed E-state index contributed by atoms with van der Waals surface area (Å²) in [7, 11) is 0. The van der Waals surface area contributed by atoms with E-state index in [0.29, 0.717) is 5.02 Å². The Labute approximate surface area is 128 Å². The molecule has 0 amide bonds. The first-order chi connectivity index (χ1) is 9.97. The Hall–Kier alpha value is -1.49. The summed E-state index contributed by atoms with van der Waals surface area (Å²) in [6.45, 7) is 3.78. The predicted molar refractivity (Wildman–Crippen MR) is 81.6 cm³/mol. The van der Waals surface area contributed by atoms with Crippen molar-refractivity contribution in [3.63, 3.8) is 0 Å². The van der Waals surface area contributed by atoms with Gasteiger partial charge in [0.1, 0.15) is 5.82 Å². The van der Waals surface area contributed by atoms with Crippen molar-refractivity contribution in [3.8, 4) is 0 Å². The van der Waals surface area contributed by atoms with E-state index in [1.807, 2.05) is 13.8 Å². The average Bonchev–Trinajstić information content (AvgIpc) is 2.47. The molecule has 2 N–H and O–H groups in total. The number of aliphatic hydroxyl groups is 1. The summed E-state index contributed by atoms with van der Waals surface area (Å²) in [4.78, 5) is 3.83. The molecule has 1 aromatic heterocycles. The summed E-state index contributed by atoms with van der Waals surface area (Å²) in [6.07, 6.45) is 2.11. The van der Waals surface area contributed by atoms with E-state index < -0.39 is 6.10 Å². The molecule has 0 radical (unpaired) electrons. The first kappa shape index (κ1) is 15.9. The molecular weight excluding hydrogens is 291 g/mol. The number of pyridine rings is 1. The number of aromatic nitrogens is 1. The second-order valence-corrected chi connectivity index (χ2v) is 5.55. The minimum atomic E-state index is -0.675. The highest BCUT2D eigenvalue weighted by molar-refractivity contribution is 6.30. The molecule has 0 aliphatic heterocycles. The van der Waals surface area contributed by atoms with Gasteiger partial charge in [0.05, 0.1) is 12.3 Å². The van der Waals surface area contributed by atoms with Crippen LogP contribution in [0, 0.1) is 5.82 Å². The molecule has 3 unspecified atom stereocenters. The van der Waals surface area contributed by atoms with E-state index in [4.69, 9.17) is 11.6 Å². The van der Waals surface area contributed by atoms with Crippen molar-refractivity contribution in [3.05, 3.63) is 64.7 Å². The van der Waals surface area contributed by atoms with Crippen LogP contribution in [-0.4, -0.2) is 16.1 Å². The quantitative estimate of drug-likeness (QED) is 0.886. The average molecular weight is 309 g/mol. The second-order valence-electron chi connectivity index (χ2n) is 5.11. The zero-order valence-electron chi connectivity index (χ0n) is 11.9. The SMILES string of the molecule is CC(NC(C)C(O)c1ccc(Cl)cc1)c1cncc(F)c1. The highest BCUT2D eigenvalue weighted by Gasteiger charge is 2.19. The van der Waals surface area contributed by atoms with Gasteiger partial charge in [0, 0.05) is 23.3 Å². The van der Waals surface area contributed by atoms with Gasteiger partial charge in [-0.3, -0.25) is 4.98 Å². The molecule has 2 aromatic rings. The van der Waals surface area contributed by atoms with Crippen molar-refractivity contribution in [1.82, 2.24) is 10.3 Å². The van der Waals surface area contributed by atoms with E-state index in [-0.39, 0.29) is 17.9 Å². The van der Waals surface area contributed by atoms with Gasteiger partial charge in [0.25, 0.3) is 0 Å². The topological polar surface area (TPSA) is 45.1 Å². The standard InChI is InChI=1S/C16H18ClFN2O/c1-10(13-7-15(18)9-19-8-13)20-11(2)16(21)12-3-5-14(17)6-4-12/h3-11,16,20-21H,1-2H3. The molecule has 3 nitrogen and oxygen atoms in total. The molecule has 0 saturated carbocycles. The maximum Gasteiger partial charge on any atom is 0.141 e. The molecule has 112 valence electrons. The maximum absolute atomic E-state index is 13.2. The first-order valence-electron chi connectivity index (χ1n) is 6.77. The van der Waals surface area contributed by atoms with Crippen LogP contribution in [0.2, 0.25) is 5.02 Å².